The predicted molar refractivity (Wildman–Crippen MR) is 73.3 cm³/mol. The maximum Gasteiger partial charge on any atom is 0.118 e. The van der Waals surface area contributed by atoms with Gasteiger partial charge < -0.3 is 5.11 Å². The topological polar surface area (TPSA) is 20.2 Å². The van der Waals surface area contributed by atoms with Crippen molar-refractivity contribution in [3.05, 3.63) is 35.9 Å². The molecule has 1 nitrogen and oxygen atoms in total. The average Bonchev–Trinajstić information content (AvgIpc) is 2.22. The molecule has 0 saturated heterocycles. The fourth-order valence-electron chi connectivity index (χ4n) is 2.09. The smallest absolute Gasteiger partial charge is 0.118 e. The average molecular weight is 230 g/mol. The Bertz CT molecular complexity index is 538. The van der Waals surface area contributed by atoms with Gasteiger partial charge in [0.2, 0.25) is 0 Å². The molecular weight excluding hydrogens is 212 g/mol. The molecule has 0 atom stereocenters. The van der Waals surface area contributed by atoms with Gasteiger partial charge in [-0.15, -0.1) is 0 Å². The zero-order chi connectivity index (χ0) is 11.9. The first-order chi connectivity index (χ1) is 7.41. The Hall–Kier alpha value is -1.28. The van der Waals surface area contributed by atoms with Gasteiger partial charge in [0.05, 0.1) is 8.07 Å². The standard InChI is InChI=1S/C14H18OSi/c1-10-12-8-6-5-7-11(12)9-13(14(10)15)16(2,3)4/h5-9,15H,1-4H3. The third-order valence-corrected chi connectivity index (χ3v) is 5.08. The van der Waals surface area contributed by atoms with Gasteiger partial charge in [-0.05, 0) is 28.4 Å². The van der Waals surface area contributed by atoms with Gasteiger partial charge in [-0.1, -0.05) is 50.0 Å². The van der Waals surface area contributed by atoms with Crippen LogP contribution in [0.4, 0.5) is 0 Å². The van der Waals surface area contributed by atoms with Gasteiger partial charge in [0, 0.05) is 0 Å². The van der Waals surface area contributed by atoms with Crippen molar-refractivity contribution < 1.29 is 5.11 Å². The molecule has 2 aromatic rings. The van der Waals surface area contributed by atoms with E-state index in [1.54, 1.807) is 0 Å². The van der Waals surface area contributed by atoms with Crippen molar-refractivity contribution >= 4 is 24.0 Å². The van der Waals surface area contributed by atoms with Crippen LogP contribution in [0.1, 0.15) is 5.56 Å². The summed E-state index contributed by atoms with van der Waals surface area (Å²) < 4.78 is 0. The highest BCUT2D eigenvalue weighted by Gasteiger charge is 2.22. The van der Waals surface area contributed by atoms with E-state index in [-0.39, 0.29) is 0 Å². The quantitative estimate of drug-likeness (QED) is 0.744. The summed E-state index contributed by atoms with van der Waals surface area (Å²) in [5.74, 6) is 0.498. The highest BCUT2D eigenvalue weighted by atomic mass is 28.3. The molecule has 0 aliphatic heterocycles. The molecule has 2 aromatic carbocycles. The van der Waals surface area contributed by atoms with E-state index < -0.39 is 8.07 Å². The van der Waals surface area contributed by atoms with E-state index in [1.807, 2.05) is 19.1 Å². The molecule has 0 radical (unpaired) electrons. The van der Waals surface area contributed by atoms with E-state index in [1.165, 1.54) is 5.39 Å². The molecule has 0 unspecified atom stereocenters. The van der Waals surface area contributed by atoms with Gasteiger partial charge in [-0.25, -0.2) is 0 Å². The number of hydrogen-bond acceptors (Lipinski definition) is 1. The molecule has 0 aromatic heterocycles. The van der Waals surface area contributed by atoms with Crippen LogP contribution in [-0.4, -0.2) is 13.2 Å². The normalized spacial score (nSPS) is 12.0. The van der Waals surface area contributed by atoms with E-state index in [2.05, 4.69) is 37.8 Å². The largest absolute Gasteiger partial charge is 0.508 e. The first kappa shape index (κ1) is 11.2. The second kappa shape index (κ2) is 3.63. The second-order valence-electron chi connectivity index (χ2n) is 5.37. The number of aromatic hydroxyl groups is 1. The fourth-order valence-corrected chi connectivity index (χ4v) is 3.58. The Balaban J connectivity index is 2.84. The SMILES string of the molecule is Cc1c(O)c([Si](C)(C)C)cc2ccccc12. The van der Waals surface area contributed by atoms with Gasteiger partial charge in [-0.3, -0.25) is 0 Å². The minimum absolute atomic E-state index is 0.498. The number of fused-ring (bicyclic) bond motifs is 1. The third-order valence-electron chi connectivity index (χ3n) is 3.08. The molecule has 0 saturated carbocycles. The summed E-state index contributed by atoms with van der Waals surface area (Å²) in [6.07, 6.45) is 0. The number of phenolic OH excluding ortho intramolecular Hbond substituents is 1. The first-order valence-corrected chi connectivity index (χ1v) is 9.13. The second-order valence-corrected chi connectivity index (χ2v) is 10.4. The molecule has 2 heteroatoms. The van der Waals surface area contributed by atoms with Crippen LogP contribution < -0.4 is 5.19 Å². The molecule has 16 heavy (non-hydrogen) atoms. The third kappa shape index (κ3) is 1.74. The van der Waals surface area contributed by atoms with Crippen LogP contribution in [0, 0.1) is 6.92 Å². The van der Waals surface area contributed by atoms with Gasteiger partial charge >= 0.3 is 0 Å². The Morgan fingerprint density at radius 2 is 1.69 bits per heavy atom. The van der Waals surface area contributed by atoms with Crippen molar-refractivity contribution in [2.75, 3.05) is 0 Å². The zero-order valence-corrected chi connectivity index (χ0v) is 11.3. The number of hydrogen-bond donors (Lipinski definition) is 1. The Labute approximate surface area is 97.7 Å². The van der Waals surface area contributed by atoms with Gasteiger partial charge in [0.1, 0.15) is 5.75 Å². The molecule has 0 spiro atoms. The van der Waals surface area contributed by atoms with Crippen molar-refractivity contribution in [3.8, 4) is 5.75 Å². The summed E-state index contributed by atoms with van der Waals surface area (Å²) in [4.78, 5) is 0. The summed E-state index contributed by atoms with van der Waals surface area (Å²) >= 11 is 0. The minimum Gasteiger partial charge on any atom is -0.508 e. The van der Waals surface area contributed by atoms with Crippen molar-refractivity contribution in [1.29, 1.82) is 0 Å². The monoisotopic (exact) mass is 230 g/mol. The summed E-state index contributed by atoms with van der Waals surface area (Å²) in [6, 6.07) is 10.4. The summed E-state index contributed by atoms with van der Waals surface area (Å²) in [5.41, 5.74) is 1.01. The summed E-state index contributed by atoms with van der Waals surface area (Å²) in [5, 5.41) is 13.8. The maximum absolute atomic E-state index is 10.3. The highest BCUT2D eigenvalue weighted by molar-refractivity contribution is 6.89. The summed E-state index contributed by atoms with van der Waals surface area (Å²) in [6.45, 7) is 8.78. The van der Waals surface area contributed by atoms with Crippen molar-refractivity contribution in [2.45, 2.75) is 26.6 Å². The van der Waals surface area contributed by atoms with Crippen LogP contribution in [0.25, 0.3) is 10.8 Å². The van der Waals surface area contributed by atoms with E-state index in [9.17, 15) is 5.11 Å². The van der Waals surface area contributed by atoms with Crippen LogP contribution in [0.2, 0.25) is 19.6 Å². The molecule has 0 aliphatic rings. The van der Waals surface area contributed by atoms with E-state index >= 15 is 0 Å². The fraction of sp³-hybridized carbons (Fsp3) is 0.286. The van der Waals surface area contributed by atoms with Gasteiger partial charge in [0.25, 0.3) is 0 Å². The highest BCUT2D eigenvalue weighted by Crippen LogP contribution is 2.26. The maximum atomic E-state index is 10.3. The Kier molecular flexibility index (Phi) is 2.54. The molecular formula is C14H18OSi. The lowest BCUT2D eigenvalue weighted by atomic mass is 10.0. The van der Waals surface area contributed by atoms with E-state index in [4.69, 9.17) is 0 Å². The van der Waals surface area contributed by atoms with E-state index in [0.29, 0.717) is 5.75 Å². The van der Waals surface area contributed by atoms with E-state index in [0.717, 1.165) is 16.1 Å². The molecule has 0 heterocycles. The summed E-state index contributed by atoms with van der Waals surface area (Å²) in [7, 11) is -1.48. The van der Waals surface area contributed by atoms with Crippen LogP contribution >= 0.6 is 0 Å². The molecule has 2 rings (SSSR count). The Morgan fingerprint density at radius 1 is 1.06 bits per heavy atom. The molecule has 0 fully saturated rings. The molecule has 84 valence electrons. The zero-order valence-electron chi connectivity index (χ0n) is 10.3. The van der Waals surface area contributed by atoms with Crippen molar-refractivity contribution in [1.82, 2.24) is 0 Å². The minimum atomic E-state index is -1.48. The van der Waals surface area contributed by atoms with Crippen LogP contribution in [-0.2, 0) is 0 Å². The molecule has 0 amide bonds. The predicted octanol–water partition coefficient (Wildman–Crippen LogP) is 3.40. The number of aryl methyl sites for hydroxylation is 1. The lowest BCUT2D eigenvalue weighted by Gasteiger charge is -2.20. The molecule has 0 bridgehead atoms. The lowest BCUT2D eigenvalue weighted by Crippen LogP contribution is -2.38. The first-order valence-electron chi connectivity index (χ1n) is 5.63. The Morgan fingerprint density at radius 3 is 2.31 bits per heavy atom. The molecule has 1 N–H and O–H groups in total. The van der Waals surface area contributed by atoms with Crippen LogP contribution in [0.3, 0.4) is 0 Å². The van der Waals surface area contributed by atoms with Crippen LogP contribution in [0.5, 0.6) is 5.75 Å². The van der Waals surface area contributed by atoms with Gasteiger partial charge in [0.15, 0.2) is 0 Å². The van der Waals surface area contributed by atoms with Crippen molar-refractivity contribution in [2.24, 2.45) is 0 Å². The van der Waals surface area contributed by atoms with Crippen LogP contribution in [0.15, 0.2) is 30.3 Å². The number of rotatable bonds is 1. The van der Waals surface area contributed by atoms with Gasteiger partial charge in [-0.2, -0.15) is 0 Å². The number of phenols is 1. The number of benzene rings is 2. The lowest BCUT2D eigenvalue weighted by molar-refractivity contribution is 0.476. The van der Waals surface area contributed by atoms with Crippen molar-refractivity contribution in [3.63, 3.8) is 0 Å². The molecule has 0 aliphatic carbocycles.